The molecule has 12 heteroatoms. The summed E-state index contributed by atoms with van der Waals surface area (Å²) in [5.41, 5.74) is 0.984. The molecule has 0 aromatic heterocycles. The van der Waals surface area contributed by atoms with Gasteiger partial charge in [0.05, 0.1) is 6.42 Å². The van der Waals surface area contributed by atoms with Gasteiger partial charge < -0.3 is 9.57 Å². The molecule has 2 rings (SSSR count). The first-order valence-corrected chi connectivity index (χ1v) is 13.9. The third-order valence-electron chi connectivity index (χ3n) is 5.87. The van der Waals surface area contributed by atoms with E-state index in [4.69, 9.17) is 14.1 Å². The maximum Gasteiger partial charge on any atom is 0.333 e. The van der Waals surface area contributed by atoms with Gasteiger partial charge in [-0.2, -0.15) is 8.42 Å². The van der Waals surface area contributed by atoms with Gasteiger partial charge in [0.15, 0.2) is 5.25 Å². The Morgan fingerprint density at radius 3 is 1.81 bits per heavy atom. The van der Waals surface area contributed by atoms with Gasteiger partial charge in [-0.15, -0.1) is 5.06 Å². The minimum atomic E-state index is -4.73. The van der Waals surface area contributed by atoms with Gasteiger partial charge >= 0.3 is 11.9 Å². The van der Waals surface area contributed by atoms with Crippen LogP contribution in [0.1, 0.15) is 89.0 Å². The summed E-state index contributed by atoms with van der Waals surface area (Å²) in [6.45, 7) is 0.316. The summed E-state index contributed by atoms with van der Waals surface area (Å²) < 4.78 is 36.4. The smallest absolute Gasteiger partial charge is 0.333 e. The van der Waals surface area contributed by atoms with Crippen molar-refractivity contribution in [3.63, 3.8) is 0 Å². The minimum absolute atomic E-state index is 0. The monoisotopic (exact) mass is 548 g/mol. The molecule has 2 amide bonds. The van der Waals surface area contributed by atoms with Crippen LogP contribution in [0, 0.1) is 0 Å². The van der Waals surface area contributed by atoms with Gasteiger partial charge in [-0.1, -0.05) is 81.7 Å². The summed E-state index contributed by atoms with van der Waals surface area (Å²) in [5, 5.41) is -1.78. The van der Waals surface area contributed by atoms with Crippen LogP contribution < -0.4 is 0 Å². The molecule has 1 aromatic rings. The zero-order chi connectivity index (χ0) is 26.4. The molecule has 1 unspecified atom stereocenters. The molecule has 0 saturated carbocycles. The number of esters is 1. The fraction of sp³-hybridized carbons (Fsp3) is 0.600. The van der Waals surface area contributed by atoms with Gasteiger partial charge in [0.1, 0.15) is 6.61 Å². The fourth-order valence-electron chi connectivity index (χ4n) is 3.82. The second-order valence-corrected chi connectivity index (χ2v) is 10.5. The molecule has 1 N–H and O–H groups in total. The van der Waals surface area contributed by atoms with Crippen molar-refractivity contribution in [3.8, 4) is 0 Å². The maximum absolute atomic E-state index is 11.8. The molecule has 1 fully saturated rings. The Labute approximate surface area is 240 Å². The summed E-state index contributed by atoms with van der Waals surface area (Å²) >= 11 is 0. The van der Waals surface area contributed by atoms with Crippen molar-refractivity contribution in [1.29, 1.82) is 0 Å². The van der Waals surface area contributed by atoms with Gasteiger partial charge in [0.25, 0.3) is 21.9 Å². The molecular formula is C25H35NNaO9S. The number of hydrogen-bond donors (Lipinski definition) is 1. The molecule has 1 radical (unpaired) electrons. The van der Waals surface area contributed by atoms with Crippen LogP contribution in [0.3, 0.4) is 0 Å². The van der Waals surface area contributed by atoms with Crippen LogP contribution in [0.15, 0.2) is 30.3 Å². The molecule has 1 aliphatic heterocycles. The molecule has 10 nitrogen and oxygen atoms in total. The second-order valence-electron chi connectivity index (χ2n) is 8.88. The third-order valence-corrected chi connectivity index (χ3v) is 6.96. The molecule has 1 atom stereocenters. The SMILES string of the molecule is O=C(CCCCCCCCCCCCC(=O)ON1C(=O)CC(S(=O)(=O)O)C1=O)OCc1ccccc1.[Na]. The van der Waals surface area contributed by atoms with Crippen LogP contribution in [0.25, 0.3) is 0 Å². The van der Waals surface area contributed by atoms with Crippen molar-refractivity contribution in [2.75, 3.05) is 0 Å². The zero-order valence-electron chi connectivity index (χ0n) is 21.4. The van der Waals surface area contributed by atoms with Gasteiger partial charge in [-0.05, 0) is 18.4 Å². The van der Waals surface area contributed by atoms with Crippen molar-refractivity contribution >= 4 is 63.4 Å². The van der Waals surface area contributed by atoms with Gasteiger partial charge in [0.2, 0.25) is 0 Å². The van der Waals surface area contributed by atoms with Crippen LogP contribution in [-0.4, -0.2) is 76.6 Å². The van der Waals surface area contributed by atoms with Crippen molar-refractivity contribution in [3.05, 3.63) is 35.9 Å². The number of carbonyl (C=O) groups is 4. The number of carbonyl (C=O) groups excluding carboxylic acids is 4. The minimum Gasteiger partial charge on any atom is -0.461 e. The Hall–Kier alpha value is -1.79. The Morgan fingerprint density at radius 1 is 0.838 bits per heavy atom. The summed E-state index contributed by atoms with van der Waals surface area (Å²) in [5.74, 6) is -3.18. The number of hydrogen-bond acceptors (Lipinski definition) is 8. The van der Waals surface area contributed by atoms with Gasteiger partial charge in [-0.3, -0.25) is 18.9 Å². The average Bonchev–Trinajstić information content (AvgIpc) is 3.12. The number of hydroxylamine groups is 2. The van der Waals surface area contributed by atoms with Crippen LogP contribution in [-0.2, 0) is 45.5 Å². The van der Waals surface area contributed by atoms with Crippen molar-refractivity contribution in [1.82, 2.24) is 5.06 Å². The van der Waals surface area contributed by atoms with Crippen molar-refractivity contribution < 1.29 is 41.7 Å². The van der Waals surface area contributed by atoms with E-state index in [9.17, 15) is 27.6 Å². The summed E-state index contributed by atoms with van der Waals surface area (Å²) in [6.07, 6.45) is 9.16. The Balaban J connectivity index is 0.00000684. The molecule has 1 heterocycles. The van der Waals surface area contributed by atoms with Crippen LogP contribution in [0.2, 0.25) is 0 Å². The molecule has 0 aliphatic carbocycles. The Bertz CT molecular complexity index is 985. The second kappa shape index (κ2) is 17.7. The van der Waals surface area contributed by atoms with E-state index in [1.54, 1.807) is 0 Å². The number of rotatable bonds is 17. The number of nitrogens with zero attached hydrogens (tertiary/aromatic N) is 1. The zero-order valence-corrected chi connectivity index (χ0v) is 24.2. The molecule has 1 saturated heterocycles. The summed E-state index contributed by atoms with van der Waals surface area (Å²) in [6, 6.07) is 9.60. The van der Waals surface area contributed by atoms with Gasteiger partial charge in [-0.25, -0.2) is 4.79 Å². The molecule has 0 bridgehead atoms. The van der Waals surface area contributed by atoms with Crippen LogP contribution in [0.5, 0.6) is 0 Å². The van der Waals surface area contributed by atoms with Crippen LogP contribution >= 0.6 is 0 Å². The molecular weight excluding hydrogens is 513 g/mol. The van der Waals surface area contributed by atoms with E-state index in [1.165, 1.54) is 0 Å². The standard InChI is InChI=1S/C25H35NO9S.Na/c27-22-18-21(36(31,32)33)25(30)26(22)35-24(29)17-13-8-6-4-2-1-3-5-7-12-16-23(28)34-19-20-14-10-9-11-15-20;/h9-11,14-15,21H,1-8,12-13,16-19H2,(H,31,32,33);. The topological polar surface area (TPSA) is 144 Å². The van der Waals surface area contributed by atoms with E-state index in [2.05, 4.69) is 0 Å². The first kappa shape index (κ1) is 33.2. The van der Waals surface area contributed by atoms with E-state index in [0.29, 0.717) is 19.4 Å². The Kier molecular flexibility index (Phi) is 15.9. The summed E-state index contributed by atoms with van der Waals surface area (Å²) in [4.78, 5) is 51.8. The quantitative estimate of drug-likeness (QED) is 0.102. The van der Waals surface area contributed by atoms with Crippen molar-refractivity contribution in [2.45, 2.75) is 95.3 Å². The van der Waals surface area contributed by atoms with Crippen LogP contribution in [0.4, 0.5) is 0 Å². The average molecular weight is 549 g/mol. The number of benzene rings is 1. The number of unbranched alkanes of at least 4 members (excludes halogenated alkanes) is 9. The van der Waals surface area contributed by atoms with E-state index in [0.717, 1.165) is 63.4 Å². The molecule has 1 aliphatic rings. The van der Waals surface area contributed by atoms with E-state index in [-0.39, 0.29) is 47.0 Å². The van der Waals surface area contributed by atoms with Gasteiger partial charge in [0, 0.05) is 42.4 Å². The number of ether oxygens (including phenoxy) is 1. The van der Waals surface area contributed by atoms with Crippen molar-refractivity contribution in [2.24, 2.45) is 0 Å². The first-order chi connectivity index (χ1) is 17.2. The predicted octanol–water partition coefficient (Wildman–Crippen LogP) is 3.50. The third kappa shape index (κ3) is 13.0. The first-order valence-electron chi connectivity index (χ1n) is 12.4. The largest absolute Gasteiger partial charge is 0.461 e. The molecule has 0 spiro atoms. The van der Waals surface area contributed by atoms with E-state index >= 15 is 0 Å². The molecule has 37 heavy (non-hydrogen) atoms. The molecule has 201 valence electrons. The van der Waals surface area contributed by atoms with E-state index in [1.807, 2.05) is 30.3 Å². The number of imide groups is 1. The normalized spacial score (nSPS) is 15.4. The maximum atomic E-state index is 11.8. The molecule has 1 aromatic carbocycles. The van der Waals surface area contributed by atoms with E-state index < -0.39 is 39.6 Å². The predicted molar refractivity (Wildman–Crippen MR) is 135 cm³/mol. The summed E-state index contributed by atoms with van der Waals surface area (Å²) in [7, 11) is -4.73. The fourth-order valence-corrected chi connectivity index (χ4v) is 4.53. The number of amides is 2. The Morgan fingerprint density at radius 2 is 1.32 bits per heavy atom.